The van der Waals surface area contributed by atoms with Crippen LogP contribution in [0.3, 0.4) is 0 Å². The Bertz CT molecular complexity index is 639. The van der Waals surface area contributed by atoms with Crippen molar-refractivity contribution in [2.45, 2.75) is 34.2 Å². The summed E-state index contributed by atoms with van der Waals surface area (Å²) >= 11 is 3.44. The molecule has 0 radical (unpaired) electrons. The highest BCUT2D eigenvalue weighted by atomic mass is 79.9. The lowest BCUT2D eigenvalue weighted by molar-refractivity contribution is 0.392. The van der Waals surface area contributed by atoms with Gasteiger partial charge in [0.25, 0.3) is 0 Å². The van der Waals surface area contributed by atoms with E-state index in [9.17, 15) is 4.79 Å². The second-order valence-corrected chi connectivity index (χ2v) is 5.06. The van der Waals surface area contributed by atoms with E-state index in [-0.39, 0.29) is 5.69 Å². The number of hydrogen-bond donors (Lipinski definition) is 0. The Morgan fingerprint density at radius 2 is 1.89 bits per heavy atom. The standard InChI is InChI=1S/C12H14BrN3O2/c1-6-10(9(4)18-15-6)5-16-8(3)11(13)7(2)14-12(16)17/h5H2,1-4H3. The Balaban J connectivity index is 2.54. The van der Waals surface area contributed by atoms with E-state index in [4.69, 9.17) is 4.52 Å². The zero-order valence-electron chi connectivity index (χ0n) is 10.7. The molecule has 6 heteroatoms. The predicted octanol–water partition coefficient (Wildman–Crippen LogP) is 2.28. The summed E-state index contributed by atoms with van der Waals surface area (Å²) in [6, 6.07) is 0. The molecule has 0 aliphatic heterocycles. The van der Waals surface area contributed by atoms with Crippen molar-refractivity contribution in [2.75, 3.05) is 0 Å². The fourth-order valence-corrected chi connectivity index (χ4v) is 2.15. The summed E-state index contributed by atoms with van der Waals surface area (Å²) in [6.45, 7) is 7.82. The van der Waals surface area contributed by atoms with Crippen LogP contribution in [-0.4, -0.2) is 14.7 Å². The molecule has 0 amide bonds. The highest BCUT2D eigenvalue weighted by Crippen LogP contribution is 2.19. The molecule has 0 N–H and O–H groups in total. The molecule has 0 unspecified atom stereocenters. The van der Waals surface area contributed by atoms with Crippen LogP contribution in [-0.2, 0) is 6.54 Å². The Morgan fingerprint density at radius 1 is 1.22 bits per heavy atom. The van der Waals surface area contributed by atoms with Crippen LogP contribution in [0.5, 0.6) is 0 Å². The molecule has 5 nitrogen and oxygen atoms in total. The van der Waals surface area contributed by atoms with Crippen LogP contribution in [0, 0.1) is 27.7 Å². The summed E-state index contributed by atoms with van der Waals surface area (Å²) in [4.78, 5) is 15.9. The lowest BCUT2D eigenvalue weighted by atomic mass is 10.2. The summed E-state index contributed by atoms with van der Waals surface area (Å²) in [7, 11) is 0. The van der Waals surface area contributed by atoms with Gasteiger partial charge in [-0.05, 0) is 43.6 Å². The maximum atomic E-state index is 11.9. The van der Waals surface area contributed by atoms with Crippen LogP contribution < -0.4 is 5.69 Å². The van der Waals surface area contributed by atoms with Gasteiger partial charge in [0, 0.05) is 11.3 Å². The molecule has 0 saturated carbocycles. The second kappa shape index (κ2) is 4.68. The number of halogens is 1. The van der Waals surface area contributed by atoms with Crippen molar-refractivity contribution in [3.63, 3.8) is 0 Å². The molecule has 0 fully saturated rings. The normalized spacial score (nSPS) is 10.9. The molecule has 0 bridgehead atoms. The first kappa shape index (κ1) is 13.0. The summed E-state index contributed by atoms with van der Waals surface area (Å²) in [5.74, 6) is 0.732. The number of rotatable bonds is 2. The van der Waals surface area contributed by atoms with E-state index >= 15 is 0 Å². The molecule has 0 aliphatic carbocycles. The molecule has 2 heterocycles. The molecule has 96 valence electrons. The van der Waals surface area contributed by atoms with Crippen LogP contribution in [0.4, 0.5) is 0 Å². The quantitative estimate of drug-likeness (QED) is 0.853. The first-order valence-electron chi connectivity index (χ1n) is 5.57. The van der Waals surface area contributed by atoms with Crippen molar-refractivity contribution < 1.29 is 4.52 Å². The van der Waals surface area contributed by atoms with Gasteiger partial charge in [-0.2, -0.15) is 4.98 Å². The largest absolute Gasteiger partial charge is 0.361 e. The van der Waals surface area contributed by atoms with Gasteiger partial charge in [0.1, 0.15) is 5.76 Å². The van der Waals surface area contributed by atoms with Gasteiger partial charge in [0.05, 0.1) is 22.4 Å². The molecule has 0 aromatic carbocycles. The van der Waals surface area contributed by atoms with Crippen LogP contribution in [0.2, 0.25) is 0 Å². The summed E-state index contributed by atoms with van der Waals surface area (Å²) in [5.41, 5.74) is 3.03. The number of aryl methyl sites for hydroxylation is 3. The zero-order chi connectivity index (χ0) is 13.4. The van der Waals surface area contributed by atoms with Crippen molar-refractivity contribution in [3.05, 3.63) is 43.4 Å². The molecule has 18 heavy (non-hydrogen) atoms. The molecule has 0 aliphatic rings. The molecule has 2 aromatic heterocycles. The molecule has 2 rings (SSSR count). The van der Waals surface area contributed by atoms with Gasteiger partial charge in [-0.15, -0.1) is 0 Å². The lowest BCUT2D eigenvalue weighted by Gasteiger charge is -2.11. The minimum Gasteiger partial charge on any atom is -0.361 e. The van der Waals surface area contributed by atoms with E-state index in [1.54, 1.807) is 11.5 Å². The summed E-state index contributed by atoms with van der Waals surface area (Å²) in [6.07, 6.45) is 0. The van der Waals surface area contributed by atoms with Crippen molar-refractivity contribution in [2.24, 2.45) is 0 Å². The van der Waals surface area contributed by atoms with Crippen LogP contribution in [0.15, 0.2) is 13.8 Å². The smallest absolute Gasteiger partial charge is 0.348 e. The maximum Gasteiger partial charge on any atom is 0.348 e. The van der Waals surface area contributed by atoms with Gasteiger partial charge < -0.3 is 4.52 Å². The van der Waals surface area contributed by atoms with Crippen molar-refractivity contribution in [1.82, 2.24) is 14.7 Å². The van der Waals surface area contributed by atoms with Gasteiger partial charge in [-0.25, -0.2) is 4.79 Å². The average Bonchev–Trinajstić information content (AvgIpc) is 2.62. The van der Waals surface area contributed by atoms with Gasteiger partial charge in [-0.1, -0.05) is 5.16 Å². The topological polar surface area (TPSA) is 60.9 Å². The van der Waals surface area contributed by atoms with E-state index < -0.39 is 0 Å². The molecule has 0 saturated heterocycles. The molecule has 2 aromatic rings. The number of nitrogens with zero attached hydrogens (tertiary/aromatic N) is 3. The Labute approximate surface area is 113 Å². The fraction of sp³-hybridized carbons (Fsp3) is 0.417. The van der Waals surface area contributed by atoms with E-state index in [0.29, 0.717) is 12.2 Å². The van der Waals surface area contributed by atoms with Gasteiger partial charge in [0.2, 0.25) is 0 Å². The van der Waals surface area contributed by atoms with Gasteiger partial charge in [-0.3, -0.25) is 4.57 Å². The van der Waals surface area contributed by atoms with Gasteiger partial charge >= 0.3 is 5.69 Å². The highest BCUT2D eigenvalue weighted by molar-refractivity contribution is 9.10. The number of aromatic nitrogens is 3. The highest BCUT2D eigenvalue weighted by Gasteiger charge is 2.14. The SMILES string of the molecule is Cc1nc(=O)n(Cc2c(C)noc2C)c(C)c1Br. The fourth-order valence-electron chi connectivity index (χ4n) is 1.85. The third-order valence-corrected chi connectivity index (χ3v) is 4.18. The minimum absolute atomic E-state index is 0.256. The molecular weight excluding hydrogens is 298 g/mol. The minimum atomic E-state index is -0.256. The molecule has 0 atom stereocenters. The summed E-state index contributed by atoms with van der Waals surface area (Å²) < 4.78 is 7.57. The average molecular weight is 312 g/mol. The third-order valence-electron chi connectivity index (χ3n) is 3.03. The Kier molecular flexibility index (Phi) is 3.38. The van der Waals surface area contributed by atoms with Crippen molar-refractivity contribution in [3.8, 4) is 0 Å². The van der Waals surface area contributed by atoms with Crippen LogP contribution in [0.1, 0.15) is 28.4 Å². The van der Waals surface area contributed by atoms with Crippen molar-refractivity contribution in [1.29, 1.82) is 0 Å². The molecule has 0 spiro atoms. The van der Waals surface area contributed by atoms with Crippen molar-refractivity contribution >= 4 is 15.9 Å². The third kappa shape index (κ3) is 2.12. The first-order chi connectivity index (χ1) is 8.41. The Hall–Kier alpha value is -1.43. The van der Waals surface area contributed by atoms with E-state index in [1.807, 2.05) is 20.8 Å². The van der Waals surface area contributed by atoms with Crippen LogP contribution in [0.25, 0.3) is 0 Å². The van der Waals surface area contributed by atoms with E-state index in [0.717, 1.165) is 27.2 Å². The predicted molar refractivity (Wildman–Crippen MR) is 70.8 cm³/mol. The lowest BCUT2D eigenvalue weighted by Crippen LogP contribution is -2.27. The van der Waals surface area contributed by atoms with Gasteiger partial charge in [0.15, 0.2) is 0 Å². The monoisotopic (exact) mass is 311 g/mol. The van der Waals surface area contributed by atoms with E-state index in [2.05, 4.69) is 26.1 Å². The Morgan fingerprint density at radius 3 is 2.44 bits per heavy atom. The maximum absolute atomic E-state index is 11.9. The molecular formula is C12H14BrN3O2. The second-order valence-electron chi connectivity index (χ2n) is 4.27. The van der Waals surface area contributed by atoms with E-state index in [1.165, 1.54) is 0 Å². The van der Waals surface area contributed by atoms with Crippen LogP contribution >= 0.6 is 15.9 Å². The first-order valence-corrected chi connectivity index (χ1v) is 6.36. The summed E-state index contributed by atoms with van der Waals surface area (Å²) in [5, 5.41) is 3.89. The number of hydrogen-bond acceptors (Lipinski definition) is 4. The zero-order valence-corrected chi connectivity index (χ0v) is 12.3.